The molecule has 0 spiro atoms. The van der Waals surface area contributed by atoms with Crippen LogP contribution in [0.25, 0.3) is 10.9 Å². The molecule has 1 atom stereocenters. The van der Waals surface area contributed by atoms with Gasteiger partial charge in [-0.1, -0.05) is 57.2 Å². The summed E-state index contributed by atoms with van der Waals surface area (Å²) in [6, 6.07) is 20.0. The molecule has 0 bridgehead atoms. The molecule has 1 N–H and O–H groups in total. The highest BCUT2D eigenvalue weighted by molar-refractivity contribution is 5.79. The number of nitrogens with one attached hydrogen (secondary N) is 1. The molecule has 8 heteroatoms. The molecule has 5 rings (SSSR count). The molecule has 8 nitrogen and oxygen atoms in total. The topological polar surface area (TPSA) is 92.8 Å². The molecule has 40 heavy (non-hydrogen) atoms. The molecular weight excluding hydrogens is 500 g/mol. The van der Waals surface area contributed by atoms with Crippen LogP contribution in [0, 0.1) is 6.92 Å². The van der Waals surface area contributed by atoms with Crippen molar-refractivity contribution >= 4 is 10.9 Å². The van der Waals surface area contributed by atoms with Crippen molar-refractivity contribution in [3.63, 3.8) is 0 Å². The molecule has 0 aliphatic rings. The zero-order chi connectivity index (χ0) is 28.7. The number of aromatic amines is 1. The highest BCUT2D eigenvalue weighted by atomic mass is 16.3. The van der Waals surface area contributed by atoms with Crippen LogP contribution in [0.2, 0.25) is 0 Å². The van der Waals surface area contributed by atoms with E-state index >= 15 is 0 Å². The van der Waals surface area contributed by atoms with Crippen LogP contribution in [0.1, 0.15) is 81.4 Å². The number of nitrogens with zero attached hydrogens (tertiary/aromatic N) is 5. The van der Waals surface area contributed by atoms with Crippen LogP contribution in [0.5, 0.6) is 0 Å². The van der Waals surface area contributed by atoms with E-state index in [1.165, 1.54) is 5.56 Å². The Morgan fingerprint density at radius 2 is 1.73 bits per heavy atom. The number of H-pyrrole nitrogens is 1. The first-order chi connectivity index (χ1) is 18.9. The monoisotopic (exact) mass is 538 g/mol. The van der Waals surface area contributed by atoms with Crippen LogP contribution >= 0.6 is 0 Å². The van der Waals surface area contributed by atoms with Gasteiger partial charge in [-0.15, -0.1) is 5.10 Å². The summed E-state index contributed by atoms with van der Waals surface area (Å²) in [4.78, 5) is 19.1. The minimum Gasteiger partial charge on any atom is -0.468 e. The molecule has 0 aliphatic carbocycles. The van der Waals surface area contributed by atoms with Gasteiger partial charge < -0.3 is 9.40 Å². The van der Waals surface area contributed by atoms with E-state index < -0.39 is 11.6 Å². The van der Waals surface area contributed by atoms with E-state index in [-0.39, 0.29) is 11.0 Å². The lowest BCUT2D eigenvalue weighted by molar-refractivity contribution is 0.171. The Hall–Kier alpha value is -4.04. The molecule has 0 amide bonds. The summed E-state index contributed by atoms with van der Waals surface area (Å²) in [6.45, 7) is 15.8. The number of aryl methyl sites for hydroxylation is 1. The van der Waals surface area contributed by atoms with E-state index in [1.54, 1.807) is 6.26 Å². The van der Waals surface area contributed by atoms with Gasteiger partial charge in [0.05, 0.1) is 18.3 Å². The number of hydrogen-bond acceptors (Lipinski definition) is 6. The fourth-order valence-corrected chi connectivity index (χ4v) is 5.06. The maximum absolute atomic E-state index is 13.8. The first-order valence-electron chi connectivity index (χ1n) is 13.7. The van der Waals surface area contributed by atoms with E-state index in [9.17, 15) is 4.79 Å². The lowest BCUT2D eigenvalue weighted by Crippen LogP contribution is -2.37. The van der Waals surface area contributed by atoms with Gasteiger partial charge >= 0.3 is 0 Å². The molecule has 0 saturated carbocycles. The molecule has 208 valence electrons. The quantitative estimate of drug-likeness (QED) is 0.263. The SMILES string of the molecule is Cc1ccc2cc([C@@H](c3nnnn3C(C)(C)C)N(Cc3ccc(C(C)(C)C)cc3)Cc3ccco3)c(=O)[nH]c2c1. The third-order valence-corrected chi connectivity index (χ3v) is 7.21. The Balaban J connectivity index is 1.69. The van der Waals surface area contributed by atoms with Crippen molar-refractivity contribution in [2.24, 2.45) is 0 Å². The highest BCUT2D eigenvalue weighted by Gasteiger charge is 2.34. The first-order valence-corrected chi connectivity index (χ1v) is 13.7. The van der Waals surface area contributed by atoms with Gasteiger partial charge in [-0.25, -0.2) is 4.68 Å². The second-order valence-electron chi connectivity index (χ2n) is 12.6. The molecule has 0 fully saturated rings. The van der Waals surface area contributed by atoms with Crippen molar-refractivity contribution in [1.29, 1.82) is 0 Å². The van der Waals surface area contributed by atoms with Crippen molar-refractivity contribution in [1.82, 2.24) is 30.1 Å². The minimum absolute atomic E-state index is 0.0560. The van der Waals surface area contributed by atoms with Gasteiger partial charge in [0.1, 0.15) is 11.8 Å². The molecular formula is C32H38N6O2. The molecule has 3 aromatic heterocycles. The lowest BCUT2D eigenvalue weighted by Gasteiger charge is -2.32. The number of fused-ring (bicyclic) bond motifs is 1. The summed E-state index contributed by atoms with van der Waals surface area (Å²) in [5, 5.41) is 13.9. The maximum Gasteiger partial charge on any atom is 0.253 e. The predicted molar refractivity (Wildman–Crippen MR) is 157 cm³/mol. The normalized spacial score (nSPS) is 13.3. The van der Waals surface area contributed by atoms with Gasteiger partial charge in [-0.05, 0) is 89.9 Å². The maximum atomic E-state index is 13.8. The molecule has 5 aromatic rings. The van der Waals surface area contributed by atoms with Crippen molar-refractivity contribution in [3.8, 4) is 0 Å². The zero-order valence-electron chi connectivity index (χ0n) is 24.4. The van der Waals surface area contributed by atoms with Gasteiger partial charge in [-0.2, -0.15) is 0 Å². The standard InChI is InChI=1S/C32H38N6O2/c1-21-10-13-23-18-26(30(39)33-27(23)17-21)28(29-34-35-36-38(29)32(5,6)7)37(20-25-9-8-16-40-25)19-22-11-14-24(15-12-22)31(2,3)4/h8-18,28H,19-20H2,1-7H3,(H,33,39)/t28-/m0/s1. The van der Waals surface area contributed by atoms with Crippen molar-refractivity contribution in [2.75, 3.05) is 0 Å². The van der Waals surface area contributed by atoms with Gasteiger partial charge in [0.2, 0.25) is 0 Å². The van der Waals surface area contributed by atoms with E-state index in [2.05, 4.69) is 97.3 Å². The summed E-state index contributed by atoms with van der Waals surface area (Å²) >= 11 is 0. The van der Waals surface area contributed by atoms with E-state index in [0.717, 1.165) is 27.8 Å². The number of pyridine rings is 1. The zero-order valence-corrected chi connectivity index (χ0v) is 24.4. The number of rotatable bonds is 7. The Morgan fingerprint density at radius 1 is 0.975 bits per heavy atom. The number of aromatic nitrogens is 5. The van der Waals surface area contributed by atoms with Crippen LogP contribution < -0.4 is 5.56 Å². The Kier molecular flexibility index (Phi) is 7.23. The van der Waals surface area contributed by atoms with Crippen molar-refractivity contribution < 1.29 is 4.42 Å². The van der Waals surface area contributed by atoms with Crippen LogP contribution in [0.15, 0.2) is 76.1 Å². The first kappa shape index (κ1) is 27.5. The van der Waals surface area contributed by atoms with Crippen LogP contribution in [-0.2, 0) is 24.0 Å². The average molecular weight is 539 g/mol. The minimum atomic E-state index is -0.545. The second kappa shape index (κ2) is 10.5. The third-order valence-electron chi connectivity index (χ3n) is 7.21. The van der Waals surface area contributed by atoms with Gasteiger partial charge in [0, 0.05) is 17.6 Å². The molecule has 0 radical (unpaired) electrons. The van der Waals surface area contributed by atoms with Gasteiger partial charge in [0.15, 0.2) is 5.82 Å². The number of benzene rings is 2. The number of hydrogen-bond donors (Lipinski definition) is 1. The van der Waals surface area contributed by atoms with Gasteiger partial charge in [0.25, 0.3) is 5.56 Å². The number of tetrazole rings is 1. The molecule has 0 aliphatic heterocycles. The second-order valence-corrected chi connectivity index (χ2v) is 12.6. The molecule has 3 heterocycles. The van der Waals surface area contributed by atoms with Crippen LogP contribution in [-0.4, -0.2) is 30.1 Å². The fourth-order valence-electron chi connectivity index (χ4n) is 5.06. The van der Waals surface area contributed by atoms with Crippen LogP contribution in [0.4, 0.5) is 0 Å². The summed E-state index contributed by atoms with van der Waals surface area (Å²) in [5.74, 6) is 1.39. The fraction of sp³-hybridized carbons (Fsp3) is 0.375. The summed E-state index contributed by atoms with van der Waals surface area (Å²) in [7, 11) is 0. The van der Waals surface area contributed by atoms with Crippen LogP contribution in [0.3, 0.4) is 0 Å². The largest absolute Gasteiger partial charge is 0.468 e. The summed E-state index contributed by atoms with van der Waals surface area (Å²) < 4.78 is 7.61. The Bertz CT molecular complexity index is 1650. The smallest absolute Gasteiger partial charge is 0.253 e. The summed E-state index contributed by atoms with van der Waals surface area (Å²) in [5.41, 5.74) is 4.34. The van der Waals surface area contributed by atoms with Gasteiger partial charge in [-0.3, -0.25) is 9.69 Å². The highest BCUT2D eigenvalue weighted by Crippen LogP contribution is 2.32. The molecule has 0 unspecified atom stereocenters. The van der Waals surface area contributed by atoms with E-state index in [4.69, 9.17) is 4.42 Å². The number of furan rings is 1. The third kappa shape index (κ3) is 5.77. The summed E-state index contributed by atoms with van der Waals surface area (Å²) in [6.07, 6.45) is 1.67. The predicted octanol–water partition coefficient (Wildman–Crippen LogP) is 6.26. The van der Waals surface area contributed by atoms with E-state index in [0.29, 0.717) is 24.5 Å². The average Bonchev–Trinajstić information content (AvgIpc) is 3.57. The van der Waals surface area contributed by atoms with E-state index in [1.807, 2.05) is 41.9 Å². The van der Waals surface area contributed by atoms with Crippen molar-refractivity contribution in [3.05, 3.63) is 111 Å². The molecule has 0 saturated heterocycles. The van der Waals surface area contributed by atoms with Crippen molar-refractivity contribution in [2.45, 2.75) is 78.6 Å². The molecule has 2 aromatic carbocycles. The Labute approximate surface area is 235 Å². The lowest BCUT2D eigenvalue weighted by atomic mass is 9.86. The Morgan fingerprint density at radius 3 is 2.38 bits per heavy atom.